The molecule has 1 saturated carbocycles. The Kier molecular flexibility index (Phi) is 4.97. The molecule has 1 aliphatic carbocycles. The van der Waals surface area contributed by atoms with Gasteiger partial charge in [-0.3, -0.25) is 9.36 Å². The average molecular weight is 431 g/mol. The number of hydrogen-bond acceptors (Lipinski definition) is 4. The number of aromatic amines is 1. The summed E-state index contributed by atoms with van der Waals surface area (Å²) in [5.41, 5.74) is 7.65. The van der Waals surface area contributed by atoms with Gasteiger partial charge in [0.05, 0.1) is 0 Å². The van der Waals surface area contributed by atoms with Crippen LogP contribution in [-0.4, -0.2) is 25.5 Å². The first kappa shape index (κ1) is 20.1. The quantitative estimate of drug-likeness (QED) is 0.293. The Morgan fingerprint density at radius 3 is 2.68 bits per heavy atom. The second-order valence-electron chi connectivity index (χ2n) is 8.49. The molecular formula is C25H26N4OS. The Labute approximate surface area is 186 Å². The molecule has 0 spiro atoms. The third-order valence-electron chi connectivity index (χ3n) is 6.24. The summed E-state index contributed by atoms with van der Waals surface area (Å²) in [6, 6.07) is 10.9. The number of aromatic nitrogens is 4. The molecule has 31 heavy (non-hydrogen) atoms. The lowest BCUT2D eigenvalue weighted by molar-refractivity contribution is 0.101. The number of carbonyl (C=O) groups is 1. The van der Waals surface area contributed by atoms with Gasteiger partial charge in [-0.05, 0) is 68.9 Å². The van der Waals surface area contributed by atoms with E-state index in [0.29, 0.717) is 6.04 Å². The molecule has 2 aromatic heterocycles. The average Bonchev–Trinajstić information content (AvgIpc) is 3.33. The van der Waals surface area contributed by atoms with Crippen LogP contribution in [0.3, 0.4) is 0 Å². The van der Waals surface area contributed by atoms with Crippen LogP contribution in [0.4, 0.5) is 0 Å². The van der Waals surface area contributed by atoms with Crippen molar-refractivity contribution >= 4 is 28.4 Å². The number of nitrogens with one attached hydrogen (secondary N) is 1. The fourth-order valence-corrected chi connectivity index (χ4v) is 5.80. The summed E-state index contributed by atoms with van der Waals surface area (Å²) in [6.45, 7) is 7.86. The van der Waals surface area contributed by atoms with Gasteiger partial charge in [0.25, 0.3) is 0 Å². The summed E-state index contributed by atoms with van der Waals surface area (Å²) >= 11 is 1.71. The third kappa shape index (κ3) is 3.49. The molecule has 2 heterocycles. The van der Waals surface area contributed by atoms with Crippen LogP contribution >= 0.6 is 11.8 Å². The molecule has 1 N–H and O–H groups in total. The minimum Gasteiger partial charge on any atom is -0.360 e. The summed E-state index contributed by atoms with van der Waals surface area (Å²) in [6.07, 6.45) is 4.37. The molecule has 5 nitrogen and oxygen atoms in total. The summed E-state index contributed by atoms with van der Waals surface area (Å²) < 4.78 is 2.31. The maximum absolute atomic E-state index is 12.2. The Morgan fingerprint density at radius 2 is 1.94 bits per heavy atom. The lowest BCUT2D eigenvalue weighted by Gasteiger charge is -2.16. The van der Waals surface area contributed by atoms with Crippen molar-refractivity contribution in [3.63, 3.8) is 0 Å². The highest BCUT2D eigenvalue weighted by atomic mass is 32.2. The highest BCUT2D eigenvalue weighted by Gasteiger charge is 2.31. The van der Waals surface area contributed by atoms with E-state index in [1.807, 2.05) is 19.2 Å². The second-order valence-corrected chi connectivity index (χ2v) is 9.43. The van der Waals surface area contributed by atoms with Gasteiger partial charge in [0, 0.05) is 40.0 Å². The van der Waals surface area contributed by atoms with E-state index in [1.54, 1.807) is 18.7 Å². The van der Waals surface area contributed by atoms with E-state index < -0.39 is 0 Å². The van der Waals surface area contributed by atoms with Crippen molar-refractivity contribution in [1.82, 2.24) is 19.7 Å². The van der Waals surface area contributed by atoms with Gasteiger partial charge in [-0.1, -0.05) is 36.0 Å². The molecule has 0 bridgehead atoms. The Balaban J connectivity index is 1.51. The molecule has 0 radical (unpaired) electrons. The Bertz CT molecular complexity index is 1310. The van der Waals surface area contributed by atoms with E-state index >= 15 is 0 Å². The molecule has 0 amide bonds. The smallest absolute Gasteiger partial charge is 0.192 e. The summed E-state index contributed by atoms with van der Waals surface area (Å²) in [7, 11) is 0. The maximum atomic E-state index is 12.2. The van der Waals surface area contributed by atoms with E-state index in [9.17, 15) is 4.79 Å². The second kappa shape index (κ2) is 7.68. The van der Waals surface area contributed by atoms with Crippen LogP contribution in [0.1, 0.15) is 58.4 Å². The van der Waals surface area contributed by atoms with E-state index in [2.05, 4.69) is 57.9 Å². The zero-order valence-electron chi connectivity index (χ0n) is 18.3. The monoisotopic (exact) mass is 430 g/mol. The Hall–Kier alpha value is -2.86. The molecule has 1 aliphatic rings. The van der Waals surface area contributed by atoms with E-state index in [-0.39, 0.29) is 5.78 Å². The van der Waals surface area contributed by atoms with Crippen molar-refractivity contribution < 1.29 is 4.79 Å². The Morgan fingerprint density at radius 1 is 1.16 bits per heavy atom. The minimum absolute atomic E-state index is 0.129. The number of fused-ring (bicyclic) bond motifs is 1. The van der Waals surface area contributed by atoms with Gasteiger partial charge in [0.15, 0.2) is 16.8 Å². The van der Waals surface area contributed by atoms with Crippen molar-refractivity contribution in [2.24, 2.45) is 0 Å². The highest BCUT2D eigenvalue weighted by molar-refractivity contribution is 7.98. The molecule has 0 aliphatic heterocycles. The lowest BCUT2D eigenvalue weighted by atomic mass is 9.92. The number of thioether (sulfide) groups is 1. The number of para-hydroxylation sites is 1. The molecule has 0 saturated heterocycles. The molecule has 6 heteroatoms. The van der Waals surface area contributed by atoms with Crippen molar-refractivity contribution in [3.8, 4) is 11.4 Å². The summed E-state index contributed by atoms with van der Waals surface area (Å²) in [5.74, 6) is 1.84. The molecule has 2 aromatic carbocycles. The number of benzene rings is 2. The summed E-state index contributed by atoms with van der Waals surface area (Å²) in [5, 5.41) is 11.3. The van der Waals surface area contributed by atoms with Crippen LogP contribution in [0.15, 0.2) is 41.7 Å². The molecule has 0 unspecified atom stereocenters. The molecular weight excluding hydrogens is 404 g/mol. The van der Waals surface area contributed by atoms with Gasteiger partial charge < -0.3 is 4.98 Å². The SMILES string of the molecule is CC(=O)c1c(C)cc(C)c(CSc2nnc(-c3c[nH]c4ccccc34)n2C2CC2)c1C. The first-order chi connectivity index (χ1) is 15.0. The van der Waals surface area contributed by atoms with Crippen LogP contribution in [-0.2, 0) is 5.75 Å². The van der Waals surface area contributed by atoms with Crippen LogP contribution in [0.25, 0.3) is 22.3 Å². The van der Waals surface area contributed by atoms with Gasteiger partial charge in [-0.2, -0.15) is 0 Å². The lowest BCUT2D eigenvalue weighted by Crippen LogP contribution is -2.06. The number of H-pyrrole nitrogens is 1. The van der Waals surface area contributed by atoms with Crippen LogP contribution in [0.2, 0.25) is 0 Å². The molecule has 4 aromatic rings. The van der Waals surface area contributed by atoms with E-state index in [4.69, 9.17) is 0 Å². The van der Waals surface area contributed by atoms with Crippen molar-refractivity contribution in [2.45, 2.75) is 57.5 Å². The standard InChI is InChI=1S/C25H26N4OS/c1-14-11-15(2)23(17(4)30)16(3)21(14)13-31-25-28-27-24(29(25)18-9-10-18)20-12-26-22-8-6-5-7-19(20)22/h5-8,11-12,18,26H,9-10,13H2,1-4H3. The fraction of sp³-hybridized carbons (Fsp3) is 0.320. The zero-order valence-corrected chi connectivity index (χ0v) is 19.1. The van der Waals surface area contributed by atoms with Crippen molar-refractivity contribution in [3.05, 3.63) is 64.3 Å². The predicted molar refractivity (Wildman–Crippen MR) is 126 cm³/mol. The highest BCUT2D eigenvalue weighted by Crippen LogP contribution is 2.43. The largest absolute Gasteiger partial charge is 0.360 e. The fourth-order valence-electron chi connectivity index (χ4n) is 4.60. The first-order valence-electron chi connectivity index (χ1n) is 10.7. The zero-order chi connectivity index (χ0) is 21.7. The topological polar surface area (TPSA) is 63.6 Å². The normalized spacial score (nSPS) is 13.8. The van der Waals surface area contributed by atoms with Crippen LogP contribution in [0, 0.1) is 20.8 Å². The van der Waals surface area contributed by atoms with Gasteiger partial charge in [-0.15, -0.1) is 10.2 Å². The number of carbonyl (C=O) groups excluding carboxylic acids is 1. The van der Waals surface area contributed by atoms with Gasteiger partial charge in [0.1, 0.15) is 0 Å². The number of Topliss-reactive ketones (excluding diaryl/α,β-unsaturated/α-hetero) is 1. The van der Waals surface area contributed by atoms with Crippen molar-refractivity contribution in [2.75, 3.05) is 0 Å². The van der Waals surface area contributed by atoms with Crippen molar-refractivity contribution in [1.29, 1.82) is 0 Å². The number of nitrogens with zero attached hydrogens (tertiary/aromatic N) is 3. The molecule has 5 rings (SSSR count). The first-order valence-corrected chi connectivity index (χ1v) is 11.7. The van der Waals surface area contributed by atoms with E-state index in [0.717, 1.165) is 57.3 Å². The number of hydrogen-bond donors (Lipinski definition) is 1. The number of ketones is 1. The molecule has 1 fully saturated rings. The van der Waals surface area contributed by atoms with Crippen LogP contribution < -0.4 is 0 Å². The van der Waals surface area contributed by atoms with Gasteiger partial charge >= 0.3 is 0 Å². The van der Waals surface area contributed by atoms with Gasteiger partial charge in [0.2, 0.25) is 0 Å². The van der Waals surface area contributed by atoms with Gasteiger partial charge in [-0.25, -0.2) is 0 Å². The molecule has 0 atom stereocenters. The minimum atomic E-state index is 0.129. The number of aryl methyl sites for hydroxylation is 2. The van der Waals surface area contributed by atoms with E-state index in [1.165, 1.54) is 16.5 Å². The predicted octanol–water partition coefficient (Wildman–Crippen LogP) is 6.18. The number of rotatable bonds is 6. The maximum Gasteiger partial charge on any atom is 0.192 e. The van der Waals surface area contributed by atoms with Crippen LogP contribution in [0.5, 0.6) is 0 Å². The third-order valence-corrected chi connectivity index (χ3v) is 7.20. The summed E-state index contributed by atoms with van der Waals surface area (Å²) in [4.78, 5) is 15.5. The molecule has 158 valence electrons.